The van der Waals surface area contributed by atoms with Crippen molar-refractivity contribution in [3.8, 4) is 11.5 Å². The molecule has 2 aromatic rings. The maximum absolute atomic E-state index is 14.3. The highest BCUT2D eigenvalue weighted by atomic mass is 35.5. The van der Waals surface area contributed by atoms with Gasteiger partial charge in [0.25, 0.3) is 5.91 Å². The Hall–Kier alpha value is -3.65. The van der Waals surface area contributed by atoms with Crippen LogP contribution in [0.2, 0.25) is 5.02 Å². The maximum Gasteiger partial charge on any atom is 0.316 e. The number of allylic oxidation sites excluding steroid dienone is 2. The number of hydrogen-bond donors (Lipinski definition) is 1. The number of halogens is 1. The zero-order valence-electron chi connectivity index (χ0n) is 33.5. The lowest BCUT2D eigenvalue weighted by atomic mass is 9.68. The summed E-state index contributed by atoms with van der Waals surface area (Å²) in [5.74, 6) is -2.58. The van der Waals surface area contributed by atoms with Gasteiger partial charge in [-0.2, -0.15) is 0 Å². The van der Waals surface area contributed by atoms with Gasteiger partial charge >= 0.3 is 17.9 Å². The number of esters is 3. The van der Waals surface area contributed by atoms with Gasteiger partial charge in [0.2, 0.25) is 0 Å². The molecule has 0 aliphatic heterocycles. The third-order valence-electron chi connectivity index (χ3n) is 9.27. The predicted molar refractivity (Wildman–Crippen MR) is 207 cm³/mol. The Morgan fingerprint density at radius 3 is 1.92 bits per heavy atom. The highest BCUT2D eigenvalue weighted by Gasteiger charge is 2.44. The SMILES string of the molecule is CC(C)=CCC[C@H](C)[C@H]1c2cc(C(=O)NCCc3ccc(Cl)cc3)c(OC(=O)C(C)(C)C)c(OC(=O)C(C)(C)C)c2[C@H](C)C[C@H]1OC(=O)C(C)(C)C. The number of hydrogen-bond acceptors (Lipinski definition) is 7. The van der Waals surface area contributed by atoms with Crippen molar-refractivity contribution < 1.29 is 33.4 Å². The first kappa shape index (κ1) is 42.8. The van der Waals surface area contributed by atoms with Crippen molar-refractivity contribution in [3.63, 3.8) is 0 Å². The summed E-state index contributed by atoms with van der Waals surface area (Å²) in [5, 5.41) is 3.62. The van der Waals surface area contributed by atoms with E-state index in [2.05, 4.69) is 32.2 Å². The molecule has 0 aromatic heterocycles. The Morgan fingerprint density at radius 2 is 1.40 bits per heavy atom. The van der Waals surface area contributed by atoms with Gasteiger partial charge in [-0.25, -0.2) is 0 Å². The molecule has 2 aromatic carbocycles. The summed E-state index contributed by atoms with van der Waals surface area (Å²) in [6, 6.07) is 9.16. The molecule has 0 spiro atoms. The van der Waals surface area contributed by atoms with Crippen LogP contribution in [-0.4, -0.2) is 36.5 Å². The van der Waals surface area contributed by atoms with Crippen LogP contribution in [0.4, 0.5) is 0 Å². The fourth-order valence-corrected chi connectivity index (χ4v) is 6.25. The number of ether oxygens (including phenoxy) is 3. The van der Waals surface area contributed by atoms with Gasteiger partial charge in [-0.1, -0.05) is 49.2 Å². The molecule has 1 amide bonds. The first-order valence-corrected chi connectivity index (χ1v) is 18.8. The van der Waals surface area contributed by atoms with Crippen molar-refractivity contribution in [1.29, 1.82) is 0 Å². The monoisotopic (exact) mass is 737 g/mol. The molecule has 0 fully saturated rings. The van der Waals surface area contributed by atoms with Gasteiger partial charge < -0.3 is 19.5 Å². The summed E-state index contributed by atoms with van der Waals surface area (Å²) in [7, 11) is 0. The minimum atomic E-state index is -0.927. The normalized spacial score (nSPS) is 18.1. The van der Waals surface area contributed by atoms with E-state index in [9.17, 15) is 19.2 Å². The first-order valence-electron chi connectivity index (χ1n) is 18.4. The molecule has 1 aliphatic rings. The van der Waals surface area contributed by atoms with Crippen LogP contribution < -0.4 is 14.8 Å². The summed E-state index contributed by atoms with van der Waals surface area (Å²) in [4.78, 5) is 55.0. The highest BCUT2D eigenvalue weighted by molar-refractivity contribution is 6.30. The molecule has 0 saturated carbocycles. The van der Waals surface area contributed by atoms with Crippen LogP contribution in [0.3, 0.4) is 0 Å². The summed E-state index contributed by atoms with van der Waals surface area (Å²) < 4.78 is 18.7. The van der Waals surface area contributed by atoms with Crippen LogP contribution in [0.1, 0.15) is 148 Å². The lowest BCUT2D eigenvalue weighted by Crippen LogP contribution is -2.39. The van der Waals surface area contributed by atoms with Crippen LogP contribution in [-0.2, 0) is 25.5 Å². The summed E-state index contributed by atoms with van der Waals surface area (Å²) in [5.41, 5.74) is 1.11. The van der Waals surface area contributed by atoms with Gasteiger partial charge in [0, 0.05) is 23.0 Å². The molecular formula is C43H60ClNO7. The van der Waals surface area contributed by atoms with E-state index in [0.29, 0.717) is 23.4 Å². The number of carbonyl (C=O) groups excluding carboxylic acids is 4. The Bertz CT molecular complexity index is 1650. The van der Waals surface area contributed by atoms with Gasteiger partial charge in [0.1, 0.15) is 6.10 Å². The molecule has 286 valence electrons. The number of nitrogens with one attached hydrogen (secondary N) is 1. The smallest absolute Gasteiger partial charge is 0.316 e. The van der Waals surface area contributed by atoms with E-state index in [1.807, 2.05) is 39.8 Å². The highest BCUT2D eigenvalue weighted by Crippen LogP contribution is 2.53. The fourth-order valence-electron chi connectivity index (χ4n) is 6.12. The van der Waals surface area contributed by atoms with Gasteiger partial charge in [-0.05, 0) is 143 Å². The second-order valence-electron chi connectivity index (χ2n) is 17.7. The minimum Gasteiger partial charge on any atom is -0.461 e. The van der Waals surface area contributed by atoms with Crippen LogP contribution in [0, 0.1) is 22.2 Å². The maximum atomic E-state index is 14.3. The summed E-state index contributed by atoms with van der Waals surface area (Å²) >= 11 is 6.07. The Morgan fingerprint density at radius 1 is 0.865 bits per heavy atom. The number of rotatable bonds is 11. The molecule has 9 heteroatoms. The zero-order valence-corrected chi connectivity index (χ0v) is 34.3. The molecule has 8 nitrogen and oxygen atoms in total. The van der Waals surface area contributed by atoms with E-state index in [4.69, 9.17) is 25.8 Å². The van der Waals surface area contributed by atoms with Crippen molar-refractivity contribution in [3.05, 3.63) is 69.3 Å². The summed E-state index contributed by atoms with van der Waals surface area (Å²) in [6.45, 7) is 24.4. The lowest BCUT2D eigenvalue weighted by molar-refractivity contribution is -0.161. The largest absolute Gasteiger partial charge is 0.461 e. The van der Waals surface area contributed by atoms with Crippen molar-refractivity contribution in [2.24, 2.45) is 22.2 Å². The van der Waals surface area contributed by atoms with E-state index < -0.39 is 40.2 Å². The topological polar surface area (TPSA) is 108 Å². The van der Waals surface area contributed by atoms with E-state index in [0.717, 1.165) is 24.0 Å². The van der Waals surface area contributed by atoms with Crippen molar-refractivity contribution in [1.82, 2.24) is 5.32 Å². The molecule has 0 unspecified atom stereocenters. The van der Waals surface area contributed by atoms with Gasteiger partial charge in [-0.15, -0.1) is 0 Å². The van der Waals surface area contributed by atoms with E-state index in [1.165, 1.54) is 5.57 Å². The average molecular weight is 738 g/mol. The molecule has 3 rings (SSSR count). The molecule has 1 N–H and O–H groups in total. The molecule has 52 heavy (non-hydrogen) atoms. The van der Waals surface area contributed by atoms with Crippen molar-refractivity contribution >= 4 is 35.4 Å². The van der Waals surface area contributed by atoms with Gasteiger partial charge in [0.15, 0.2) is 11.5 Å². The van der Waals surface area contributed by atoms with Gasteiger partial charge in [-0.3, -0.25) is 19.2 Å². The second-order valence-corrected chi connectivity index (χ2v) is 18.1. The number of fused-ring (bicyclic) bond motifs is 1. The van der Waals surface area contributed by atoms with E-state index in [-0.39, 0.29) is 47.3 Å². The quantitative estimate of drug-likeness (QED) is 0.139. The Balaban J connectivity index is 2.33. The number of carbonyl (C=O) groups is 4. The molecule has 4 atom stereocenters. The molecule has 0 radical (unpaired) electrons. The molecule has 0 saturated heterocycles. The number of benzene rings is 2. The van der Waals surface area contributed by atoms with Crippen molar-refractivity contribution in [2.75, 3.05) is 6.54 Å². The predicted octanol–water partition coefficient (Wildman–Crippen LogP) is 10.1. The standard InChI is InChI=1S/C43H60ClNO7/c1-25(2)15-14-16-26(3)33-30-24-31(37(46)45-22-21-28-17-19-29(44)20-18-28)35(51-39(48)42(8,9)10)36(52-40(49)43(11,12)13)34(30)27(4)23-32(33)50-38(47)41(5,6)7/h15,17-20,24,26-27,32-33H,14,16,21-23H2,1-13H3,(H,45,46)/t26-,27+,32+,33-/m0/s1. The van der Waals surface area contributed by atoms with Gasteiger partial charge in [0.05, 0.1) is 21.8 Å². The lowest BCUT2D eigenvalue weighted by Gasteiger charge is -2.41. The zero-order chi connectivity index (χ0) is 39.3. The first-order chi connectivity index (χ1) is 23.9. The van der Waals surface area contributed by atoms with Crippen LogP contribution in [0.5, 0.6) is 11.5 Å². The van der Waals surface area contributed by atoms with E-state index in [1.54, 1.807) is 59.7 Å². The Kier molecular flexibility index (Phi) is 14.0. The Labute approximate surface area is 316 Å². The van der Waals surface area contributed by atoms with Crippen LogP contribution in [0.15, 0.2) is 42.0 Å². The third kappa shape index (κ3) is 11.2. The molecule has 1 aliphatic carbocycles. The fraction of sp³-hybridized carbons (Fsp3) is 0.581. The van der Waals surface area contributed by atoms with E-state index >= 15 is 0 Å². The summed E-state index contributed by atoms with van der Waals surface area (Å²) in [6.07, 6.45) is 4.26. The van der Waals surface area contributed by atoms with Crippen LogP contribution >= 0.6 is 11.6 Å². The molecular weight excluding hydrogens is 678 g/mol. The van der Waals surface area contributed by atoms with Crippen molar-refractivity contribution in [2.45, 2.75) is 134 Å². The molecule has 0 bridgehead atoms. The van der Waals surface area contributed by atoms with Crippen LogP contribution in [0.25, 0.3) is 0 Å². The molecule has 0 heterocycles. The average Bonchev–Trinajstić information content (AvgIpc) is 3.00. The minimum absolute atomic E-state index is 0.00502. The second kappa shape index (κ2) is 17.0. The third-order valence-corrected chi connectivity index (χ3v) is 9.53. The number of amides is 1.